The molecule has 7 aromatic carbocycles. The standard InChI is InChI=1S/C42H25NO2/c1-2-9-26(10-3-1)27-17-20-31-32-21-18-28(30-13-8-16-41-42(30)34-12-5-7-15-39(34)45-41)24-37(32)43(36(31)23-27)29-19-22-40-35(25-29)33-11-4-6-14-38(33)44-40/h1-25H. The molecule has 3 heterocycles. The molecule has 0 fully saturated rings. The molecular formula is C42H25NO2. The number of benzene rings is 7. The predicted molar refractivity (Wildman–Crippen MR) is 186 cm³/mol. The molecule has 0 saturated carbocycles. The predicted octanol–water partition coefficient (Wildman–Crippen LogP) is 11.9. The maximum Gasteiger partial charge on any atom is 0.136 e. The third-order valence-electron chi connectivity index (χ3n) is 9.21. The number of fused-ring (bicyclic) bond motifs is 9. The second-order valence-corrected chi connectivity index (χ2v) is 11.7. The van der Waals surface area contributed by atoms with Crippen LogP contribution in [0.2, 0.25) is 0 Å². The summed E-state index contributed by atoms with van der Waals surface area (Å²) in [4.78, 5) is 0. The van der Waals surface area contributed by atoms with Crippen molar-refractivity contribution in [3.8, 4) is 27.9 Å². The second kappa shape index (κ2) is 9.22. The van der Waals surface area contributed by atoms with Crippen molar-refractivity contribution >= 4 is 65.7 Å². The molecule has 0 radical (unpaired) electrons. The van der Waals surface area contributed by atoms with Crippen LogP contribution in [0.15, 0.2) is 160 Å². The molecule has 0 N–H and O–H groups in total. The van der Waals surface area contributed by atoms with Gasteiger partial charge in [-0.2, -0.15) is 0 Å². The lowest BCUT2D eigenvalue weighted by Crippen LogP contribution is -1.94. The number of nitrogens with zero attached hydrogens (tertiary/aromatic N) is 1. The molecular weight excluding hydrogens is 550 g/mol. The van der Waals surface area contributed by atoms with E-state index in [1.807, 2.05) is 24.3 Å². The summed E-state index contributed by atoms with van der Waals surface area (Å²) in [7, 11) is 0. The van der Waals surface area contributed by atoms with Crippen molar-refractivity contribution in [2.24, 2.45) is 0 Å². The van der Waals surface area contributed by atoms with E-state index in [-0.39, 0.29) is 0 Å². The van der Waals surface area contributed by atoms with Crippen molar-refractivity contribution in [3.63, 3.8) is 0 Å². The SMILES string of the molecule is c1ccc(-c2ccc3c4ccc(-c5cccc6oc7ccccc7c56)cc4n(-c4ccc5oc6ccccc6c5c4)c3c2)cc1. The first-order valence-electron chi connectivity index (χ1n) is 15.3. The first kappa shape index (κ1) is 24.4. The lowest BCUT2D eigenvalue weighted by Gasteiger charge is -2.11. The fourth-order valence-electron chi connectivity index (χ4n) is 7.14. The van der Waals surface area contributed by atoms with Crippen LogP contribution in [0.4, 0.5) is 0 Å². The summed E-state index contributed by atoms with van der Waals surface area (Å²) in [6.07, 6.45) is 0. The van der Waals surface area contributed by atoms with Crippen LogP contribution in [0.5, 0.6) is 0 Å². The fourth-order valence-corrected chi connectivity index (χ4v) is 7.14. The minimum atomic E-state index is 0.893. The van der Waals surface area contributed by atoms with Crippen molar-refractivity contribution in [2.75, 3.05) is 0 Å². The first-order valence-corrected chi connectivity index (χ1v) is 15.3. The third kappa shape index (κ3) is 3.58. The van der Waals surface area contributed by atoms with E-state index < -0.39 is 0 Å². The summed E-state index contributed by atoms with van der Waals surface area (Å²) >= 11 is 0. The Kier molecular flexibility index (Phi) is 5.00. The van der Waals surface area contributed by atoms with Gasteiger partial charge in [-0.05, 0) is 70.8 Å². The zero-order valence-corrected chi connectivity index (χ0v) is 24.2. The van der Waals surface area contributed by atoms with Crippen molar-refractivity contribution < 1.29 is 8.83 Å². The molecule has 10 aromatic rings. The summed E-state index contributed by atoms with van der Waals surface area (Å²) in [5.74, 6) is 0. The average Bonchev–Trinajstić information content (AvgIpc) is 3.77. The topological polar surface area (TPSA) is 31.2 Å². The highest BCUT2D eigenvalue weighted by Crippen LogP contribution is 2.41. The van der Waals surface area contributed by atoms with Crippen LogP contribution in [0.3, 0.4) is 0 Å². The van der Waals surface area contributed by atoms with Gasteiger partial charge in [-0.3, -0.25) is 0 Å². The van der Waals surface area contributed by atoms with Gasteiger partial charge in [-0.25, -0.2) is 0 Å². The highest BCUT2D eigenvalue weighted by Gasteiger charge is 2.18. The lowest BCUT2D eigenvalue weighted by atomic mass is 9.98. The average molecular weight is 576 g/mol. The van der Waals surface area contributed by atoms with Gasteiger partial charge in [0.1, 0.15) is 22.3 Å². The highest BCUT2D eigenvalue weighted by molar-refractivity contribution is 6.15. The Balaban J connectivity index is 1.29. The van der Waals surface area contributed by atoms with Gasteiger partial charge in [-0.15, -0.1) is 0 Å². The normalized spacial score (nSPS) is 12.0. The van der Waals surface area contributed by atoms with E-state index in [0.717, 1.165) is 66.2 Å². The monoisotopic (exact) mass is 575 g/mol. The Morgan fingerprint density at radius 1 is 0.356 bits per heavy atom. The van der Waals surface area contributed by atoms with Crippen LogP contribution in [0.25, 0.3) is 93.6 Å². The molecule has 0 aliphatic carbocycles. The Morgan fingerprint density at radius 2 is 0.978 bits per heavy atom. The molecule has 0 amide bonds. The third-order valence-corrected chi connectivity index (χ3v) is 9.21. The van der Waals surface area contributed by atoms with Gasteiger partial charge in [0.2, 0.25) is 0 Å². The first-order chi connectivity index (χ1) is 22.3. The quantitative estimate of drug-likeness (QED) is 0.210. The van der Waals surface area contributed by atoms with Gasteiger partial charge >= 0.3 is 0 Å². The summed E-state index contributed by atoms with van der Waals surface area (Å²) in [6.45, 7) is 0. The minimum Gasteiger partial charge on any atom is -0.456 e. The molecule has 3 heteroatoms. The van der Waals surface area contributed by atoms with E-state index in [1.54, 1.807) is 0 Å². The molecule has 10 rings (SSSR count). The summed E-state index contributed by atoms with van der Waals surface area (Å²) in [6, 6.07) is 53.8. The molecule has 0 saturated heterocycles. The van der Waals surface area contributed by atoms with Gasteiger partial charge in [-0.1, -0.05) is 103 Å². The Labute approximate surface area is 258 Å². The zero-order chi connectivity index (χ0) is 29.5. The van der Waals surface area contributed by atoms with E-state index in [4.69, 9.17) is 8.83 Å². The molecule has 3 nitrogen and oxygen atoms in total. The van der Waals surface area contributed by atoms with Crippen molar-refractivity contribution in [1.29, 1.82) is 0 Å². The van der Waals surface area contributed by atoms with E-state index in [9.17, 15) is 0 Å². The highest BCUT2D eigenvalue weighted by atomic mass is 16.3. The molecule has 0 spiro atoms. The van der Waals surface area contributed by atoms with E-state index in [0.29, 0.717) is 0 Å². The summed E-state index contributed by atoms with van der Waals surface area (Å²) in [5.41, 5.74) is 11.7. The number of rotatable bonds is 3. The summed E-state index contributed by atoms with van der Waals surface area (Å²) in [5, 5.41) is 6.96. The van der Waals surface area contributed by atoms with Crippen LogP contribution in [-0.4, -0.2) is 4.57 Å². The Morgan fingerprint density at radius 3 is 1.80 bits per heavy atom. The Bertz CT molecular complexity index is 2760. The molecule has 0 aliphatic rings. The van der Waals surface area contributed by atoms with Crippen LogP contribution >= 0.6 is 0 Å². The minimum absolute atomic E-state index is 0.893. The van der Waals surface area contributed by atoms with Gasteiger partial charge < -0.3 is 13.4 Å². The molecule has 0 bridgehead atoms. The van der Waals surface area contributed by atoms with Crippen LogP contribution in [0, 0.1) is 0 Å². The van der Waals surface area contributed by atoms with Gasteiger partial charge in [0.05, 0.1) is 11.0 Å². The number of furan rings is 2. The van der Waals surface area contributed by atoms with Crippen molar-refractivity contribution in [2.45, 2.75) is 0 Å². The number of aromatic nitrogens is 1. The number of hydrogen-bond acceptors (Lipinski definition) is 2. The maximum absolute atomic E-state index is 6.25. The van der Waals surface area contributed by atoms with Crippen molar-refractivity contribution in [3.05, 3.63) is 152 Å². The molecule has 210 valence electrons. The van der Waals surface area contributed by atoms with Gasteiger partial charge in [0.15, 0.2) is 0 Å². The van der Waals surface area contributed by atoms with Gasteiger partial charge in [0.25, 0.3) is 0 Å². The lowest BCUT2D eigenvalue weighted by molar-refractivity contribution is 0.668. The Hall–Kier alpha value is -6.06. The van der Waals surface area contributed by atoms with Crippen LogP contribution in [0.1, 0.15) is 0 Å². The van der Waals surface area contributed by atoms with E-state index >= 15 is 0 Å². The molecule has 0 atom stereocenters. The molecule has 3 aromatic heterocycles. The molecule has 0 unspecified atom stereocenters. The maximum atomic E-state index is 6.25. The van der Waals surface area contributed by atoms with Crippen LogP contribution in [-0.2, 0) is 0 Å². The van der Waals surface area contributed by atoms with Crippen LogP contribution < -0.4 is 0 Å². The second-order valence-electron chi connectivity index (χ2n) is 11.7. The van der Waals surface area contributed by atoms with Crippen molar-refractivity contribution in [1.82, 2.24) is 4.57 Å². The zero-order valence-electron chi connectivity index (χ0n) is 24.2. The smallest absolute Gasteiger partial charge is 0.136 e. The molecule has 0 aliphatic heterocycles. The van der Waals surface area contributed by atoms with Gasteiger partial charge in [0, 0.05) is 38.0 Å². The fraction of sp³-hybridized carbons (Fsp3) is 0. The number of hydrogen-bond donors (Lipinski definition) is 0. The number of para-hydroxylation sites is 2. The summed E-state index contributed by atoms with van der Waals surface area (Å²) < 4.78 is 14.9. The van der Waals surface area contributed by atoms with E-state index in [1.165, 1.54) is 27.4 Å². The molecule has 45 heavy (non-hydrogen) atoms. The van der Waals surface area contributed by atoms with E-state index in [2.05, 4.69) is 132 Å². The largest absolute Gasteiger partial charge is 0.456 e.